The zero-order valence-electron chi connectivity index (χ0n) is 17.9. The van der Waals surface area contributed by atoms with E-state index >= 15 is 0 Å². The van der Waals surface area contributed by atoms with Crippen molar-refractivity contribution in [3.8, 4) is 11.3 Å². The second-order valence-corrected chi connectivity index (χ2v) is 8.41. The normalized spacial score (nSPS) is 14.2. The minimum Gasteiger partial charge on any atom is -0.478 e. The second kappa shape index (κ2) is 9.58. The highest BCUT2D eigenvalue weighted by atomic mass is 35.5. The van der Waals surface area contributed by atoms with Crippen LogP contribution >= 0.6 is 12.4 Å². The maximum absolute atomic E-state index is 11.8. The van der Waals surface area contributed by atoms with Crippen LogP contribution in [0.25, 0.3) is 22.2 Å². The lowest BCUT2D eigenvalue weighted by Gasteiger charge is -2.23. The molecule has 0 amide bonds. The van der Waals surface area contributed by atoms with E-state index in [2.05, 4.69) is 33.8 Å². The van der Waals surface area contributed by atoms with E-state index in [-0.39, 0.29) is 12.4 Å². The molecule has 1 fully saturated rings. The van der Waals surface area contributed by atoms with Gasteiger partial charge in [-0.1, -0.05) is 61.7 Å². The topological polar surface area (TPSA) is 55.1 Å². The van der Waals surface area contributed by atoms with Crippen LogP contribution in [0, 0.1) is 0 Å². The second-order valence-electron chi connectivity index (χ2n) is 8.41. The van der Waals surface area contributed by atoms with E-state index in [0.29, 0.717) is 18.0 Å². The molecule has 1 aliphatic rings. The standard InChI is InChI=1S/C27H26N2O2.ClH/c30-27(31)21-14-15-23-24(17-21)29(18-22-13-7-8-16-28-22)26(20-11-5-2-6-12-20)25(23)19-9-3-1-4-10-19;/h2,5-8,11-17,19H,1,3-4,9-10,18H2,(H,30,31);1H. The van der Waals surface area contributed by atoms with Crippen molar-refractivity contribution in [1.82, 2.24) is 9.55 Å². The Kier molecular flexibility index (Phi) is 6.61. The Morgan fingerprint density at radius 3 is 2.41 bits per heavy atom. The number of aromatic carboxylic acids is 1. The Balaban J connectivity index is 0.00000245. The minimum absolute atomic E-state index is 0. The molecule has 0 atom stereocenters. The van der Waals surface area contributed by atoms with Gasteiger partial charge in [-0.3, -0.25) is 4.98 Å². The molecule has 164 valence electrons. The fourth-order valence-electron chi connectivity index (χ4n) is 5.04. The van der Waals surface area contributed by atoms with E-state index in [1.54, 1.807) is 6.07 Å². The van der Waals surface area contributed by atoms with Gasteiger partial charge in [0.05, 0.1) is 29.0 Å². The van der Waals surface area contributed by atoms with Crippen LogP contribution in [0.1, 0.15) is 59.6 Å². The van der Waals surface area contributed by atoms with Crippen molar-refractivity contribution >= 4 is 29.3 Å². The van der Waals surface area contributed by atoms with Gasteiger partial charge in [0.1, 0.15) is 0 Å². The van der Waals surface area contributed by atoms with Crippen molar-refractivity contribution < 1.29 is 9.90 Å². The van der Waals surface area contributed by atoms with Gasteiger partial charge in [0.15, 0.2) is 0 Å². The van der Waals surface area contributed by atoms with Crippen molar-refractivity contribution in [1.29, 1.82) is 0 Å². The number of pyridine rings is 1. The summed E-state index contributed by atoms with van der Waals surface area (Å²) in [7, 11) is 0. The molecule has 1 N–H and O–H groups in total. The van der Waals surface area contributed by atoms with Crippen LogP contribution in [0.5, 0.6) is 0 Å². The Labute approximate surface area is 194 Å². The number of carbonyl (C=O) groups is 1. The first-order valence-electron chi connectivity index (χ1n) is 11.1. The molecule has 2 heterocycles. The third kappa shape index (κ3) is 4.15. The van der Waals surface area contributed by atoms with Crippen molar-refractivity contribution in [2.75, 3.05) is 0 Å². The van der Waals surface area contributed by atoms with Gasteiger partial charge in [-0.05, 0) is 54.2 Å². The first-order valence-corrected chi connectivity index (χ1v) is 11.1. The van der Waals surface area contributed by atoms with E-state index in [0.717, 1.165) is 11.2 Å². The lowest BCUT2D eigenvalue weighted by atomic mass is 9.82. The molecule has 4 aromatic rings. The number of carboxylic acid groups (broad SMARTS) is 1. The first-order chi connectivity index (χ1) is 15.2. The lowest BCUT2D eigenvalue weighted by Crippen LogP contribution is -2.08. The van der Waals surface area contributed by atoms with E-state index in [9.17, 15) is 9.90 Å². The van der Waals surface area contributed by atoms with Gasteiger partial charge in [0.25, 0.3) is 0 Å². The molecule has 1 saturated carbocycles. The summed E-state index contributed by atoms with van der Waals surface area (Å²) < 4.78 is 2.28. The predicted octanol–water partition coefficient (Wildman–Crippen LogP) is 6.92. The van der Waals surface area contributed by atoms with Gasteiger partial charge in [-0.25, -0.2) is 4.79 Å². The fourth-order valence-corrected chi connectivity index (χ4v) is 5.04. The zero-order valence-corrected chi connectivity index (χ0v) is 18.7. The summed E-state index contributed by atoms with van der Waals surface area (Å²) in [6, 6.07) is 22.1. The largest absolute Gasteiger partial charge is 0.478 e. The van der Waals surface area contributed by atoms with Gasteiger partial charge in [-0.2, -0.15) is 0 Å². The molecule has 0 radical (unpaired) electrons. The molecule has 0 unspecified atom stereocenters. The number of benzene rings is 2. The molecule has 0 spiro atoms. The molecular weight excluding hydrogens is 420 g/mol. The third-order valence-electron chi connectivity index (χ3n) is 6.46. The summed E-state index contributed by atoms with van der Waals surface area (Å²) in [6.45, 7) is 0.608. The van der Waals surface area contributed by atoms with Crippen molar-refractivity contribution in [2.24, 2.45) is 0 Å². The molecule has 0 bridgehead atoms. The van der Waals surface area contributed by atoms with Crippen LogP contribution in [0.15, 0.2) is 72.9 Å². The summed E-state index contributed by atoms with van der Waals surface area (Å²) in [6.07, 6.45) is 7.98. The number of carboxylic acids is 1. The average Bonchev–Trinajstić information content (AvgIpc) is 3.14. The molecule has 1 aliphatic carbocycles. The van der Waals surface area contributed by atoms with Crippen LogP contribution in [-0.4, -0.2) is 20.6 Å². The van der Waals surface area contributed by atoms with Crippen LogP contribution in [0.3, 0.4) is 0 Å². The van der Waals surface area contributed by atoms with Crippen molar-refractivity contribution in [3.05, 3.63) is 89.7 Å². The quantitative estimate of drug-likeness (QED) is 0.362. The van der Waals surface area contributed by atoms with Gasteiger partial charge >= 0.3 is 5.97 Å². The molecule has 2 aromatic heterocycles. The van der Waals surface area contributed by atoms with Gasteiger partial charge < -0.3 is 9.67 Å². The summed E-state index contributed by atoms with van der Waals surface area (Å²) >= 11 is 0. The van der Waals surface area contributed by atoms with E-state index in [4.69, 9.17) is 0 Å². The summed E-state index contributed by atoms with van der Waals surface area (Å²) in [5.41, 5.74) is 6.01. The number of fused-ring (bicyclic) bond motifs is 1. The summed E-state index contributed by atoms with van der Waals surface area (Å²) in [5, 5.41) is 10.8. The van der Waals surface area contributed by atoms with E-state index in [1.165, 1.54) is 54.3 Å². The molecule has 32 heavy (non-hydrogen) atoms. The first kappa shape index (κ1) is 22.1. The number of hydrogen-bond donors (Lipinski definition) is 1. The monoisotopic (exact) mass is 446 g/mol. The Hall–Kier alpha value is -3.11. The third-order valence-corrected chi connectivity index (χ3v) is 6.46. The van der Waals surface area contributed by atoms with Gasteiger partial charge in [-0.15, -0.1) is 12.4 Å². The Bertz CT molecular complexity index is 1210. The molecule has 0 saturated heterocycles. The Morgan fingerprint density at radius 2 is 1.72 bits per heavy atom. The fraction of sp³-hybridized carbons (Fsp3) is 0.259. The molecule has 2 aromatic carbocycles. The average molecular weight is 447 g/mol. The number of hydrogen-bond acceptors (Lipinski definition) is 2. The highest BCUT2D eigenvalue weighted by molar-refractivity contribution is 5.98. The minimum atomic E-state index is -0.895. The van der Waals surface area contributed by atoms with Crippen LogP contribution in [-0.2, 0) is 6.54 Å². The Morgan fingerprint density at radius 1 is 0.969 bits per heavy atom. The maximum atomic E-state index is 11.8. The smallest absolute Gasteiger partial charge is 0.335 e. The lowest BCUT2D eigenvalue weighted by molar-refractivity contribution is 0.0697. The molecule has 4 nitrogen and oxygen atoms in total. The molecule has 5 heteroatoms. The van der Waals surface area contributed by atoms with Gasteiger partial charge in [0.2, 0.25) is 0 Å². The maximum Gasteiger partial charge on any atom is 0.335 e. The van der Waals surface area contributed by atoms with Gasteiger partial charge in [0, 0.05) is 11.6 Å². The molecule has 5 rings (SSSR count). The molecular formula is C27H27ClN2O2. The predicted molar refractivity (Wildman–Crippen MR) is 131 cm³/mol. The summed E-state index contributed by atoms with van der Waals surface area (Å²) in [5.74, 6) is -0.403. The number of halogens is 1. The number of aromatic nitrogens is 2. The van der Waals surface area contributed by atoms with Crippen LogP contribution in [0.4, 0.5) is 0 Å². The number of nitrogens with zero attached hydrogens (tertiary/aromatic N) is 2. The van der Waals surface area contributed by atoms with Crippen molar-refractivity contribution in [2.45, 2.75) is 44.6 Å². The van der Waals surface area contributed by atoms with E-state index in [1.807, 2.05) is 42.6 Å². The van der Waals surface area contributed by atoms with Crippen LogP contribution < -0.4 is 0 Å². The number of rotatable bonds is 5. The zero-order chi connectivity index (χ0) is 21.2. The SMILES string of the molecule is Cl.O=C(O)c1ccc2c(C3CCCCC3)c(-c3ccccc3)n(Cc3ccccn3)c2c1. The summed E-state index contributed by atoms with van der Waals surface area (Å²) in [4.78, 5) is 16.3. The van der Waals surface area contributed by atoms with E-state index < -0.39 is 5.97 Å². The molecule has 0 aliphatic heterocycles. The van der Waals surface area contributed by atoms with Crippen molar-refractivity contribution in [3.63, 3.8) is 0 Å². The highest BCUT2D eigenvalue weighted by Crippen LogP contribution is 2.44. The highest BCUT2D eigenvalue weighted by Gasteiger charge is 2.27. The van der Waals surface area contributed by atoms with Crippen LogP contribution in [0.2, 0.25) is 0 Å².